The second kappa shape index (κ2) is 10.0. The number of rotatable bonds is 6. The minimum Gasteiger partial charge on any atom is -0.490 e. The normalized spacial score (nSPS) is 9.88. The van der Waals surface area contributed by atoms with Gasteiger partial charge < -0.3 is 14.8 Å². The highest BCUT2D eigenvalue weighted by Gasteiger charge is 2.02. The number of alkyl carbamates (subject to hydrolysis) is 1. The molecule has 25 heavy (non-hydrogen) atoms. The van der Waals surface area contributed by atoms with Crippen LogP contribution in [0.2, 0.25) is 0 Å². The Morgan fingerprint density at radius 2 is 1.80 bits per heavy atom. The lowest BCUT2D eigenvalue weighted by molar-refractivity contribution is 0.140. The van der Waals surface area contributed by atoms with Crippen molar-refractivity contribution < 1.29 is 14.3 Å². The number of ether oxygens (including phenoxy) is 2. The number of hydrogen-bond donors (Lipinski definition) is 1. The molecule has 0 saturated carbocycles. The number of para-hydroxylation sites is 1. The van der Waals surface area contributed by atoms with Gasteiger partial charge in [0.25, 0.3) is 0 Å². The van der Waals surface area contributed by atoms with Gasteiger partial charge in [-0.3, -0.25) is 0 Å². The highest BCUT2D eigenvalue weighted by molar-refractivity contribution is 5.67. The molecule has 0 unspecified atom stereocenters. The maximum absolute atomic E-state index is 11.6. The molecule has 0 aromatic heterocycles. The smallest absolute Gasteiger partial charge is 0.407 e. The SMILES string of the molecule is CC(C)Oc1ccccc1C#CCCNC(=O)OCc1ccccc1. The summed E-state index contributed by atoms with van der Waals surface area (Å²) in [6.45, 7) is 4.66. The van der Waals surface area contributed by atoms with Gasteiger partial charge in [-0.25, -0.2) is 4.79 Å². The Kier molecular flexibility index (Phi) is 7.40. The fourth-order valence-electron chi connectivity index (χ4n) is 2.09. The third-order valence-corrected chi connectivity index (χ3v) is 3.20. The molecular weight excluding hydrogens is 314 g/mol. The molecule has 0 heterocycles. The maximum atomic E-state index is 11.6. The predicted octanol–water partition coefficient (Wildman–Crippen LogP) is 4.14. The molecule has 2 aromatic rings. The molecule has 130 valence electrons. The molecule has 0 atom stereocenters. The predicted molar refractivity (Wildman–Crippen MR) is 98.3 cm³/mol. The molecule has 0 radical (unpaired) electrons. The molecule has 4 heteroatoms. The topological polar surface area (TPSA) is 47.6 Å². The Labute approximate surface area is 149 Å². The summed E-state index contributed by atoms with van der Waals surface area (Å²) in [6, 6.07) is 17.2. The molecule has 0 aliphatic heterocycles. The number of amides is 1. The summed E-state index contributed by atoms with van der Waals surface area (Å²) in [5, 5.41) is 2.69. The highest BCUT2D eigenvalue weighted by Crippen LogP contribution is 2.18. The van der Waals surface area contributed by atoms with Crippen molar-refractivity contribution in [3.05, 3.63) is 65.7 Å². The van der Waals surface area contributed by atoms with Crippen molar-refractivity contribution in [3.8, 4) is 17.6 Å². The lowest BCUT2D eigenvalue weighted by Crippen LogP contribution is -2.24. The number of carbonyl (C=O) groups is 1. The Morgan fingerprint density at radius 1 is 1.08 bits per heavy atom. The summed E-state index contributed by atoms with van der Waals surface area (Å²) < 4.78 is 10.9. The van der Waals surface area contributed by atoms with Crippen molar-refractivity contribution in [3.63, 3.8) is 0 Å². The van der Waals surface area contributed by atoms with Crippen LogP contribution in [-0.2, 0) is 11.3 Å². The molecule has 1 amide bonds. The summed E-state index contributed by atoms with van der Waals surface area (Å²) >= 11 is 0. The summed E-state index contributed by atoms with van der Waals surface area (Å²) in [5.41, 5.74) is 1.81. The minimum absolute atomic E-state index is 0.101. The van der Waals surface area contributed by atoms with Crippen LogP contribution in [0.3, 0.4) is 0 Å². The zero-order chi connectivity index (χ0) is 17.9. The second-order valence-corrected chi connectivity index (χ2v) is 5.70. The minimum atomic E-state index is -0.436. The molecule has 1 N–H and O–H groups in total. The van der Waals surface area contributed by atoms with Gasteiger partial charge in [-0.1, -0.05) is 54.3 Å². The molecule has 0 saturated heterocycles. The van der Waals surface area contributed by atoms with E-state index >= 15 is 0 Å². The first-order valence-corrected chi connectivity index (χ1v) is 8.34. The number of nitrogens with one attached hydrogen (secondary N) is 1. The van der Waals surface area contributed by atoms with Crippen LogP contribution in [0.5, 0.6) is 5.75 Å². The zero-order valence-electron chi connectivity index (χ0n) is 14.6. The van der Waals surface area contributed by atoms with E-state index in [2.05, 4.69) is 17.2 Å². The molecular formula is C21H23NO3. The fourth-order valence-corrected chi connectivity index (χ4v) is 2.09. The summed E-state index contributed by atoms with van der Waals surface area (Å²) in [6.07, 6.45) is 0.203. The van der Waals surface area contributed by atoms with E-state index in [1.54, 1.807) is 0 Å². The van der Waals surface area contributed by atoms with Gasteiger partial charge in [0.15, 0.2) is 0 Å². The molecule has 2 aromatic carbocycles. The van der Waals surface area contributed by atoms with E-state index in [9.17, 15) is 4.79 Å². The molecule has 0 fully saturated rings. The van der Waals surface area contributed by atoms with E-state index in [1.165, 1.54) is 0 Å². The monoisotopic (exact) mass is 337 g/mol. The third kappa shape index (κ3) is 7.01. The molecule has 0 bridgehead atoms. The fraction of sp³-hybridized carbons (Fsp3) is 0.286. The van der Waals surface area contributed by atoms with E-state index in [0.29, 0.717) is 13.0 Å². The van der Waals surface area contributed by atoms with Crippen molar-refractivity contribution in [1.29, 1.82) is 0 Å². The summed E-state index contributed by atoms with van der Waals surface area (Å²) in [5.74, 6) is 6.91. The van der Waals surface area contributed by atoms with Gasteiger partial charge in [-0.15, -0.1) is 0 Å². The van der Waals surface area contributed by atoms with Gasteiger partial charge in [-0.05, 0) is 31.5 Å². The second-order valence-electron chi connectivity index (χ2n) is 5.70. The van der Waals surface area contributed by atoms with Crippen LogP contribution in [0.1, 0.15) is 31.4 Å². The lowest BCUT2D eigenvalue weighted by Gasteiger charge is -2.10. The number of benzene rings is 2. The Hall–Kier alpha value is -2.93. The van der Waals surface area contributed by atoms with Gasteiger partial charge in [0.1, 0.15) is 12.4 Å². The Morgan fingerprint density at radius 3 is 2.56 bits per heavy atom. The first-order valence-electron chi connectivity index (χ1n) is 8.34. The van der Waals surface area contributed by atoms with Crippen LogP contribution < -0.4 is 10.1 Å². The zero-order valence-corrected chi connectivity index (χ0v) is 14.6. The first kappa shape index (κ1) is 18.4. The molecule has 4 nitrogen and oxygen atoms in total. The van der Waals surface area contributed by atoms with Gasteiger partial charge >= 0.3 is 6.09 Å². The summed E-state index contributed by atoms with van der Waals surface area (Å²) in [4.78, 5) is 11.6. The van der Waals surface area contributed by atoms with Crippen LogP contribution >= 0.6 is 0 Å². The van der Waals surface area contributed by atoms with Crippen LogP contribution in [0.15, 0.2) is 54.6 Å². The van der Waals surface area contributed by atoms with Gasteiger partial charge in [0.2, 0.25) is 0 Å². The molecule has 0 spiro atoms. The Bertz CT molecular complexity index is 730. The van der Waals surface area contributed by atoms with Crippen molar-refractivity contribution >= 4 is 6.09 Å². The van der Waals surface area contributed by atoms with Crippen LogP contribution in [0.25, 0.3) is 0 Å². The molecule has 0 aliphatic rings. The summed E-state index contributed by atoms with van der Waals surface area (Å²) in [7, 11) is 0. The lowest BCUT2D eigenvalue weighted by atomic mass is 10.2. The van der Waals surface area contributed by atoms with E-state index < -0.39 is 6.09 Å². The third-order valence-electron chi connectivity index (χ3n) is 3.20. The van der Waals surface area contributed by atoms with E-state index in [4.69, 9.17) is 9.47 Å². The average Bonchev–Trinajstić information content (AvgIpc) is 2.61. The molecule has 2 rings (SSSR count). The number of hydrogen-bond acceptors (Lipinski definition) is 3. The van der Waals surface area contributed by atoms with Crippen LogP contribution in [-0.4, -0.2) is 18.7 Å². The molecule has 0 aliphatic carbocycles. The van der Waals surface area contributed by atoms with Crippen LogP contribution in [0, 0.1) is 11.8 Å². The van der Waals surface area contributed by atoms with E-state index in [-0.39, 0.29) is 12.7 Å². The van der Waals surface area contributed by atoms with Crippen molar-refractivity contribution in [2.24, 2.45) is 0 Å². The quantitative estimate of drug-likeness (QED) is 0.636. The Balaban J connectivity index is 1.73. The number of carbonyl (C=O) groups excluding carboxylic acids is 1. The van der Waals surface area contributed by atoms with Crippen molar-refractivity contribution in [2.45, 2.75) is 33.0 Å². The first-order chi connectivity index (χ1) is 12.1. The van der Waals surface area contributed by atoms with Crippen LogP contribution in [0.4, 0.5) is 4.79 Å². The van der Waals surface area contributed by atoms with Crippen molar-refractivity contribution in [2.75, 3.05) is 6.54 Å². The average molecular weight is 337 g/mol. The maximum Gasteiger partial charge on any atom is 0.407 e. The van der Waals surface area contributed by atoms with Crippen molar-refractivity contribution in [1.82, 2.24) is 5.32 Å². The van der Waals surface area contributed by atoms with E-state index in [1.807, 2.05) is 68.4 Å². The largest absolute Gasteiger partial charge is 0.490 e. The highest BCUT2D eigenvalue weighted by atomic mass is 16.5. The standard InChI is InChI=1S/C21H23NO3/c1-17(2)25-20-14-7-6-12-19(20)13-8-9-15-22-21(23)24-16-18-10-4-3-5-11-18/h3-7,10-12,14,17H,9,15-16H2,1-2H3,(H,22,23). The van der Waals surface area contributed by atoms with Gasteiger partial charge in [-0.2, -0.15) is 0 Å². The van der Waals surface area contributed by atoms with E-state index in [0.717, 1.165) is 16.9 Å². The van der Waals surface area contributed by atoms with Gasteiger partial charge in [0.05, 0.1) is 11.7 Å². The van der Waals surface area contributed by atoms with Gasteiger partial charge in [0, 0.05) is 13.0 Å².